The Bertz CT molecular complexity index is 1640. The van der Waals surface area contributed by atoms with Crippen LogP contribution in [0.1, 0.15) is 29.9 Å². The molecule has 0 unspecified atom stereocenters. The maximum Gasteiger partial charge on any atom is 0.267 e. The minimum absolute atomic E-state index is 0.0321. The van der Waals surface area contributed by atoms with Crippen molar-refractivity contribution >= 4 is 21.7 Å². The van der Waals surface area contributed by atoms with E-state index in [0.29, 0.717) is 17.3 Å². The summed E-state index contributed by atoms with van der Waals surface area (Å²) in [5.74, 6) is 1.22. The molecule has 208 valence electrons. The van der Waals surface area contributed by atoms with Crippen molar-refractivity contribution in [2.45, 2.75) is 30.6 Å². The molecule has 1 saturated heterocycles. The van der Waals surface area contributed by atoms with Crippen LogP contribution in [-0.4, -0.2) is 66.3 Å². The Hall–Kier alpha value is -3.96. The van der Waals surface area contributed by atoms with Crippen LogP contribution in [0, 0.1) is 6.92 Å². The highest BCUT2D eigenvalue weighted by Crippen LogP contribution is 2.49. The molecule has 0 bridgehead atoms. The monoisotopic (exact) mass is 559 g/mol. The number of piperazine rings is 1. The number of aryl methyl sites for hydroxylation is 2. The van der Waals surface area contributed by atoms with Crippen LogP contribution in [0.5, 0.6) is 11.6 Å². The van der Waals surface area contributed by atoms with Gasteiger partial charge in [0.25, 0.3) is 10.0 Å². The van der Waals surface area contributed by atoms with Crippen molar-refractivity contribution in [2.24, 2.45) is 7.05 Å². The Morgan fingerprint density at radius 1 is 0.975 bits per heavy atom. The third-order valence-corrected chi connectivity index (χ3v) is 8.70. The molecule has 1 saturated carbocycles. The van der Waals surface area contributed by atoms with Gasteiger partial charge in [0.15, 0.2) is 0 Å². The molecule has 3 heterocycles. The third kappa shape index (κ3) is 5.52. The number of anilines is 2. The fraction of sp³-hybridized carbons (Fsp3) is 0.345. The molecule has 40 heavy (non-hydrogen) atoms. The molecule has 0 spiro atoms. The standard InChI is InChI=1S/C29H33N7O3S/c1-20-7-4-5-10-25(20)27-26(21-11-12-21)28(32-29(31-27)33-40(37,38)24-18-30-35(3)19-24)39-23-9-6-8-22(17-23)36-15-13-34(2)14-16-36/h4-10,17-19,21H,11-16H2,1-3H3,(H,31,32,33). The van der Waals surface area contributed by atoms with Gasteiger partial charge in [0.2, 0.25) is 11.8 Å². The zero-order valence-corrected chi connectivity index (χ0v) is 23.7. The summed E-state index contributed by atoms with van der Waals surface area (Å²) in [6.45, 7) is 5.91. The van der Waals surface area contributed by atoms with E-state index in [0.717, 1.165) is 61.4 Å². The second-order valence-corrected chi connectivity index (χ2v) is 12.2. The molecule has 2 aliphatic rings. The molecule has 1 aliphatic heterocycles. The van der Waals surface area contributed by atoms with Crippen molar-refractivity contribution in [3.8, 4) is 22.9 Å². The van der Waals surface area contributed by atoms with Crippen LogP contribution < -0.4 is 14.4 Å². The molecular weight excluding hydrogens is 526 g/mol. The van der Waals surface area contributed by atoms with Crippen LogP contribution in [0.4, 0.5) is 11.6 Å². The quantitative estimate of drug-likeness (QED) is 0.339. The first kappa shape index (κ1) is 26.3. The summed E-state index contributed by atoms with van der Waals surface area (Å²) in [4.78, 5) is 14.1. The Kier molecular flexibility index (Phi) is 6.93. The van der Waals surface area contributed by atoms with Crippen LogP contribution >= 0.6 is 0 Å². The van der Waals surface area contributed by atoms with E-state index in [1.54, 1.807) is 7.05 Å². The zero-order valence-electron chi connectivity index (χ0n) is 22.9. The molecule has 2 aromatic carbocycles. The first-order valence-corrected chi connectivity index (χ1v) is 15.0. The van der Waals surface area contributed by atoms with Gasteiger partial charge in [-0.2, -0.15) is 10.1 Å². The zero-order chi connectivity index (χ0) is 27.9. The largest absolute Gasteiger partial charge is 0.438 e. The number of ether oxygens (including phenoxy) is 1. The molecule has 1 N–H and O–H groups in total. The number of rotatable bonds is 8. The van der Waals surface area contributed by atoms with E-state index in [1.165, 1.54) is 17.1 Å². The van der Waals surface area contributed by atoms with E-state index in [-0.39, 0.29) is 16.8 Å². The molecule has 0 radical (unpaired) electrons. The first-order chi connectivity index (χ1) is 19.3. The van der Waals surface area contributed by atoms with Crippen molar-refractivity contribution in [3.05, 3.63) is 72.1 Å². The lowest BCUT2D eigenvalue weighted by molar-refractivity contribution is 0.312. The summed E-state index contributed by atoms with van der Waals surface area (Å²) < 4.78 is 36.8. The summed E-state index contributed by atoms with van der Waals surface area (Å²) in [7, 11) is -0.157. The molecular formula is C29H33N7O3S. The predicted octanol–water partition coefficient (Wildman–Crippen LogP) is 4.41. The van der Waals surface area contributed by atoms with Gasteiger partial charge >= 0.3 is 0 Å². The Morgan fingerprint density at radius 2 is 1.75 bits per heavy atom. The number of aromatic nitrogens is 4. The van der Waals surface area contributed by atoms with E-state index in [4.69, 9.17) is 9.72 Å². The molecule has 1 aliphatic carbocycles. The fourth-order valence-corrected chi connectivity index (χ4v) is 5.92. The summed E-state index contributed by atoms with van der Waals surface area (Å²) in [5.41, 5.74) is 4.63. The van der Waals surface area contributed by atoms with Crippen LogP contribution in [0.2, 0.25) is 0 Å². The topological polar surface area (TPSA) is 105 Å². The second kappa shape index (κ2) is 10.5. The van der Waals surface area contributed by atoms with Gasteiger partial charge in [-0.3, -0.25) is 4.68 Å². The summed E-state index contributed by atoms with van der Waals surface area (Å²) in [6.07, 6.45) is 4.73. The van der Waals surface area contributed by atoms with Gasteiger partial charge in [0.1, 0.15) is 10.6 Å². The van der Waals surface area contributed by atoms with Gasteiger partial charge in [0, 0.05) is 62.3 Å². The maximum absolute atomic E-state index is 13.2. The first-order valence-electron chi connectivity index (χ1n) is 13.5. The highest BCUT2D eigenvalue weighted by Gasteiger charge is 2.34. The number of benzene rings is 2. The molecule has 2 fully saturated rings. The van der Waals surface area contributed by atoms with E-state index in [9.17, 15) is 8.42 Å². The number of nitrogens with zero attached hydrogens (tertiary/aromatic N) is 6. The van der Waals surface area contributed by atoms with Crippen LogP contribution in [-0.2, 0) is 17.1 Å². The highest BCUT2D eigenvalue weighted by atomic mass is 32.2. The van der Waals surface area contributed by atoms with Gasteiger partial charge < -0.3 is 14.5 Å². The summed E-state index contributed by atoms with van der Waals surface area (Å²) >= 11 is 0. The van der Waals surface area contributed by atoms with E-state index < -0.39 is 10.0 Å². The summed E-state index contributed by atoms with van der Waals surface area (Å²) in [5, 5.41) is 4.00. The van der Waals surface area contributed by atoms with Crippen molar-refractivity contribution < 1.29 is 13.2 Å². The average molecular weight is 560 g/mol. The lowest BCUT2D eigenvalue weighted by Gasteiger charge is -2.34. The summed E-state index contributed by atoms with van der Waals surface area (Å²) in [6, 6.07) is 16.0. The smallest absolute Gasteiger partial charge is 0.267 e. The number of hydrogen-bond donors (Lipinski definition) is 1. The van der Waals surface area contributed by atoms with Gasteiger partial charge in [-0.15, -0.1) is 0 Å². The lowest BCUT2D eigenvalue weighted by Crippen LogP contribution is -2.44. The molecule has 6 rings (SSSR count). The SMILES string of the molecule is Cc1ccccc1-c1nc(NS(=O)(=O)c2cnn(C)c2)nc(Oc2cccc(N3CCN(C)CC3)c2)c1C1CC1. The Morgan fingerprint density at radius 3 is 2.45 bits per heavy atom. The maximum atomic E-state index is 13.2. The van der Waals surface area contributed by atoms with Gasteiger partial charge in [-0.1, -0.05) is 30.3 Å². The van der Waals surface area contributed by atoms with Crippen molar-refractivity contribution in [3.63, 3.8) is 0 Å². The fourth-order valence-electron chi connectivity index (χ4n) is 4.99. The van der Waals surface area contributed by atoms with Gasteiger partial charge in [-0.25, -0.2) is 18.1 Å². The van der Waals surface area contributed by atoms with Crippen LogP contribution in [0.15, 0.2) is 65.8 Å². The minimum atomic E-state index is -3.96. The third-order valence-electron chi connectivity index (χ3n) is 7.41. The average Bonchev–Trinajstić information content (AvgIpc) is 3.67. The van der Waals surface area contributed by atoms with Crippen molar-refractivity contribution in [2.75, 3.05) is 42.8 Å². The van der Waals surface area contributed by atoms with Crippen molar-refractivity contribution in [1.82, 2.24) is 24.6 Å². The highest BCUT2D eigenvalue weighted by molar-refractivity contribution is 7.92. The number of hydrogen-bond acceptors (Lipinski definition) is 8. The number of nitrogens with one attached hydrogen (secondary N) is 1. The lowest BCUT2D eigenvalue weighted by atomic mass is 9.99. The molecule has 4 aromatic rings. The minimum Gasteiger partial charge on any atom is -0.438 e. The normalized spacial score (nSPS) is 16.2. The molecule has 2 aromatic heterocycles. The van der Waals surface area contributed by atoms with E-state index in [2.05, 4.69) is 37.7 Å². The predicted molar refractivity (Wildman–Crippen MR) is 154 cm³/mol. The Labute approximate surface area is 234 Å². The van der Waals surface area contributed by atoms with Crippen LogP contribution in [0.3, 0.4) is 0 Å². The van der Waals surface area contributed by atoms with E-state index >= 15 is 0 Å². The molecule has 0 amide bonds. The molecule has 11 heteroatoms. The van der Waals surface area contributed by atoms with Gasteiger partial charge in [0.05, 0.1) is 11.9 Å². The van der Waals surface area contributed by atoms with E-state index in [1.807, 2.05) is 49.4 Å². The van der Waals surface area contributed by atoms with Crippen molar-refractivity contribution in [1.29, 1.82) is 0 Å². The van der Waals surface area contributed by atoms with Gasteiger partial charge in [-0.05, 0) is 50.4 Å². The molecule has 0 atom stereocenters. The second-order valence-electron chi connectivity index (χ2n) is 10.5. The Balaban J connectivity index is 1.42. The number of sulfonamides is 1. The molecule has 10 nitrogen and oxygen atoms in total. The number of likely N-dealkylation sites (N-methyl/N-ethyl adjacent to an activating group) is 1. The van der Waals surface area contributed by atoms with Crippen LogP contribution in [0.25, 0.3) is 11.3 Å².